The molecule has 0 saturated carbocycles. The third-order valence-corrected chi connectivity index (χ3v) is 2.88. The number of hydrogen-bond donors (Lipinski definition) is 2. The summed E-state index contributed by atoms with van der Waals surface area (Å²) >= 11 is 0. The van der Waals surface area contributed by atoms with Crippen LogP contribution in [-0.4, -0.2) is 18.3 Å². The predicted octanol–water partition coefficient (Wildman–Crippen LogP) is 1.56. The summed E-state index contributed by atoms with van der Waals surface area (Å²) in [6.45, 7) is 3.41. The first kappa shape index (κ1) is 9.69. The molecule has 1 aliphatic heterocycles. The van der Waals surface area contributed by atoms with Crippen molar-refractivity contribution in [2.24, 2.45) is 0 Å². The van der Waals surface area contributed by atoms with Crippen LogP contribution >= 0.6 is 0 Å². The van der Waals surface area contributed by atoms with Gasteiger partial charge in [0.1, 0.15) is 0 Å². The SMILES string of the molecule is Cc1ccc2c(c1)CCNC2CCO. The second-order valence-corrected chi connectivity index (χ2v) is 3.97. The number of fused-ring (bicyclic) bond motifs is 1. The van der Waals surface area contributed by atoms with Gasteiger partial charge in [0.05, 0.1) is 0 Å². The maximum Gasteiger partial charge on any atom is 0.0449 e. The quantitative estimate of drug-likeness (QED) is 0.743. The molecule has 2 nitrogen and oxygen atoms in total. The van der Waals surface area contributed by atoms with Crippen molar-refractivity contribution >= 4 is 0 Å². The van der Waals surface area contributed by atoms with Crippen LogP contribution in [0, 0.1) is 6.92 Å². The van der Waals surface area contributed by atoms with Gasteiger partial charge < -0.3 is 10.4 Å². The van der Waals surface area contributed by atoms with E-state index in [1.54, 1.807) is 0 Å². The highest BCUT2D eigenvalue weighted by molar-refractivity contribution is 5.35. The summed E-state index contributed by atoms with van der Waals surface area (Å²) in [5.41, 5.74) is 4.14. The summed E-state index contributed by atoms with van der Waals surface area (Å²) in [5.74, 6) is 0. The average molecular weight is 191 g/mol. The molecule has 1 aromatic rings. The molecule has 1 heterocycles. The summed E-state index contributed by atoms with van der Waals surface area (Å²) in [7, 11) is 0. The summed E-state index contributed by atoms with van der Waals surface area (Å²) < 4.78 is 0. The molecule has 1 aliphatic rings. The number of rotatable bonds is 2. The Morgan fingerprint density at radius 3 is 3.14 bits per heavy atom. The van der Waals surface area contributed by atoms with E-state index in [0.717, 1.165) is 19.4 Å². The molecular formula is C12H17NO. The van der Waals surface area contributed by atoms with Gasteiger partial charge in [0.15, 0.2) is 0 Å². The Morgan fingerprint density at radius 1 is 1.50 bits per heavy atom. The Morgan fingerprint density at radius 2 is 2.36 bits per heavy atom. The molecule has 0 fully saturated rings. The van der Waals surface area contributed by atoms with Gasteiger partial charge in [-0.2, -0.15) is 0 Å². The number of aliphatic hydroxyl groups is 1. The molecule has 14 heavy (non-hydrogen) atoms. The van der Waals surface area contributed by atoms with Gasteiger partial charge in [-0.05, 0) is 37.4 Å². The molecular weight excluding hydrogens is 174 g/mol. The third kappa shape index (κ3) is 1.81. The van der Waals surface area contributed by atoms with Gasteiger partial charge in [-0.1, -0.05) is 23.8 Å². The van der Waals surface area contributed by atoms with Gasteiger partial charge in [-0.15, -0.1) is 0 Å². The first-order valence-electron chi connectivity index (χ1n) is 5.25. The number of hydrogen-bond acceptors (Lipinski definition) is 2. The largest absolute Gasteiger partial charge is 0.396 e. The lowest BCUT2D eigenvalue weighted by Crippen LogP contribution is -2.30. The lowest BCUT2D eigenvalue weighted by molar-refractivity contribution is 0.263. The molecule has 0 aliphatic carbocycles. The van der Waals surface area contributed by atoms with Crippen molar-refractivity contribution in [3.05, 3.63) is 34.9 Å². The topological polar surface area (TPSA) is 32.3 Å². The molecule has 0 amide bonds. The van der Waals surface area contributed by atoms with Crippen LogP contribution in [0.25, 0.3) is 0 Å². The smallest absolute Gasteiger partial charge is 0.0449 e. The van der Waals surface area contributed by atoms with Gasteiger partial charge in [0.2, 0.25) is 0 Å². The van der Waals surface area contributed by atoms with Crippen molar-refractivity contribution in [1.82, 2.24) is 5.32 Å². The molecule has 1 aromatic carbocycles. The van der Waals surface area contributed by atoms with Gasteiger partial charge in [-0.25, -0.2) is 0 Å². The molecule has 76 valence electrons. The molecule has 2 N–H and O–H groups in total. The fraction of sp³-hybridized carbons (Fsp3) is 0.500. The van der Waals surface area contributed by atoms with Gasteiger partial charge >= 0.3 is 0 Å². The van der Waals surface area contributed by atoms with Crippen LogP contribution in [-0.2, 0) is 6.42 Å². The molecule has 0 aromatic heterocycles. The molecule has 0 radical (unpaired) electrons. The van der Waals surface area contributed by atoms with Crippen molar-refractivity contribution in [1.29, 1.82) is 0 Å². The van der Waals surface area contributed by atoms with E-state index < -0.39 is 0 Å². The minimum absolute atomic E-state index is 0.255. The lowest BCUT2D eigenvalue weighted by Gasteiger charge is -2.26. The normalized spacial score (nSPS) is 20.6. The molecule has 0 bridgehead atoms. The van der Waals surface area contributed by atoms with Gasteiger partial charge in [-0.3, -0.25) is 0 Å². The van der Waals surface area contributed by atoms with Crippen molar-refractivity contribution in [2.75, 3.05) is 13.2 Å². The third-order valence-electron chi connectivity index (χ3n) is 2.88. The van der Waals surface area contributed by atoms with E-state index in [9.17, 15) is 0 Å². The summed E-state index contributed by atoms with van der Waals surface area (Å²) in [6.07, 6.45) is 1.93. The van der Waals surface area contributed by atoms with E-state index in [1.165, 1.54) is 16.7 Å². The van der Waals surface area contributed by atoms with E-state index in [2.05, 4.69) is 30.4 Å². The fourth-order valence-corrected chi connectivity index (χ4v) is 2.17. The fourth-order valence-electron chi connectivity index (χ4n) is 2.17. The monoisotopic (exact) mass is 191 g/mol. The Balaban J connectivity index is 2.30. The van der Waals surface area contributed by atoms with Crippen molar-refractivity contribution in [2.45, 2.75) is 25.8 Å². The first-order chi connectivity index (χ1) is 6.81. The predicted molar refractivity (Wildman–Crippen MR) is 57.3 cm³/mol. The zero-order valence-electron chi connectivity index (χ0n) is 8.59. The summed E-state index contributed by atoms with van der Waals surface area (Å²) in [5, 5.41) is 12.4. The van der Waals surface area contributed by atoms with Gasteiger partial charge in [0.25, 0.3) is 0 Å². The zero-order chi connectivity index (χ0) is 9.97. The highest BCUT2D eigenvalue weighted by atomic mass is 16.3. The molecule has 1 atom stereocenters. The standard InChI is InChI=1S/C12H17NO/c1-9-2-3-11-10(8-9)4-6-13-12(11)5-7-14/h2-3,8,12-14H,4-7H2,1H3. The summed E-state index contributed by atoms with van der Waals surface area (Å²) in [6, 6.07) is 6.96. The lowest BCUT2D eigenvalue weighted by atomic mass is 9.91. The van der Waals surface area contributed by atoms with Crippen LogP contribution in [0.1, 0.15) is 29.2 Å². The van der Waals surface area contributed by atoms with E-state index in [4.69, 9.17) is 5.11 Å². The Kier molecular flexibility index (Phi) is 2.85. The van der Waals surface area contributed by atoms with Crippen molar-refractivity contribution in [3.8, 4) is 0 Å². The number of benzene rings is 1. The van der Waals surface area contributed by atoms with E-state index in [-0.39, 0.29) is 6.61 Å². The highest BCUT2D eigenvalue weighted by Gasteiger charge is 2.18. The molecule has 2 heteroatoms. The van der Waals surface area contributed by atoms with E-state index >= 15 is 0 Å². The van der Waals surface area contributed by atoms with Crippen LogP contribution < -0.4 is 5.32 Å². The zero-order valence-corrected chi connectivity index (χ0v) is 8.59. The van der Waals surface area contributed by atoms with Crippen LogP contribution in [0.3, 0.4) is 0 Å². The van der Waals surface area contributed by atoms with Gasteiger partial charge in [0, 0.05) is 12.6 Å². The molecule has 1 unspecified atom stereocenters. The van der Waals surface area contributed by atoms with E-state index in [1.807, 2.05) is 0 Å². The van der Waals surface area contributed by atoms with Crippen LogP contribution in [0.2, 0.25) is 0 Å². The van der Waals surface area contributed by atoms with Crippen molar-refractivity contribution in [3.63, 3.8) is 0 Å². The highest BCUT2D eigenvalue weighted by Crippen LogP contribution is 2.25. The second-order valence-electron chi connectivity index (χ2n) is 3.97. The summed E-state index contributed by atoms with van der Waals surface area (Å²) in [4.78, 5) is 0. The number of nitrogens with one attached hydrogen (secondary N) is 1. The van der Waals surface area contributed by atoms with Crippen LogP contribution in [0.15, 0.2) is 18.2 Å². The van der Waals surface area contributed by atoms with E-state index in [0.29, 0.717) is 6.04 Å². The Labute approximate surface area is 85.0 Å². The second kappa shape index (κ2) is 4.11. The Bertz CT molecular complexity index is 322. The van der Waals surface area contributed by atoms with Crippen LogP contribution in [0.5, 0.6) is 0 Å². The number of aliphatic hydroxyl groups excluding tert-OH is 1. The molecule has 0 spiro atoms. The average Bonchev–Trinajstić information content (AvgIpc) is 2.18. The maximum absolute atomic E-state index is 8.96. The minimum Gasteiger partial charge on any atom is -0.396 e. The van der Waals surface area contributed by atoms with Crippen molar-refractivity contribution < 1.29 is 5.11 Å². The minimum atomic E-state index is 0.255. The Hall–Kier alpha value is -0.860. The first-order valence-corrected chi connectivity index (χ1v) is 5.25. The van der Waals surface area contributed by atoms with Crippen LogP contribution in [0.4, 0.5) is 0 Å². The number of aryl methyl sites for hydroxylation is 1. The molecule has 0 saturated heterocycles. The molecule has 2 rings (SSSR count). The maximum atomic E-state index is 8.96.